The summed E-state index contributed by atoms with van der Waals surface area (Å²) >= 11 is 0. The van der Waals surface area contributed by atoms with Crippen molar-refractivity contribution >= 4 is 37.4 Å². The smallest absolute Gasteiger partial charge is 0.490 e. The highest BCUT2D eigenvalue weighted by Gasteiger charge is 2.32. The summed E-state index contributed by atoms with van der Waals surface area (Å²) in [6, 6.07) is 5.37. The van der Waals surface area contributed by atoms with Crippen molar-refractivity contribution in [2.45, 2.75) is 90.9 Å². The predicted molar refractivity (Wildman–Crippen MR) is 223 cm³/mol. The van der Waals surface area contributed by atoms with Gasteiger partial charge < -0.3 is 37.9 Å². The van der Waals surface area contributed by atoms with E-state index in [-0.39, 0.29) is 106 Å². The number of hydrogen-bond donors (Lipinski definition) is 0. The van der Waals surface area contributed by atoms with Gasteiger partial charge in [0, 0.05) is 75.9 Å². The van der Waals surface area contributed by atoms with Crippen LogP contribution in [-0.4, -0.2) is 120 Å². The molecule has 4 aromatic rings. The van der Waals surface area contributed by atoms with Crippen molar-refractivity contribution < 1.29 is 69.1 Å². The van der Waals surface area contributed by atoms with Crippen LogP contribution in [0.5, 0.6) is 23.3 Å². The Bertz CT molecular complexity index is 2360. The minimum absolute atomic E-state index is 0.0126. The SMILES string of the molecule is CCn1nc(C)c(C(=O)c2ccc(S(C)(=O)=O)c(OCCOC)c2C)c1OC(C)OC(=O)OC(C)Oc1c(C(=O)c2ccc(S(C)(=O)=O)c(OCCOC)c2C)c(C)nn1CC. The van der Waals surface area contributed by atoms with Gasteiger partial charge in [-0.1, -0.05) is 0 Å². The molecule has 0 amide bonds. The summed E-state index contributed by atoms with van der Waals surface area (Å²) in [6.45, 7) is 13.6. The summed E-state index contributed by atoms with van der Waals surface area (Å²) < 4.78 is 97.7. The van der Waals surface area contributed by atoms with Crippen LogP contribution in [0.4, 0.5) is 4.79 Å². The molecule has 2 atom stereocenters. The highest BCUT2D eigenvalue weighted by molar-refractivity contribution is 7.91. The number of benzene rings is 2. The number of ether oxygens (including phenoxy) is 8. The Morgan fingerprint density at radius 3 is 1.27 bits per heavy atom. The Balaban J connectivity index is 1.56. The van der Waals surface area contributed by atoms with E-state index in [2.05, 4.69) is 10.2 Å². The van der Waals surface area contributed by atoms with Gasteiger partial charge in [0.05, 0.1) is 24.6 Å². The van der Waals surface area contributed by atoms with Crippen molar-refractivity contribution in [3.8, 4) is 23.3 Å². The Labute approximate surface area is 361 Å². The van der Waals surface area contributed by atoms with Crippen LogP contribution >= 0.6 is 0 Å². The Kier molecular flexibility index (Phi) is 16.3. The van der Waals surface area contributed by atoms with Gasteiger partial charge in [-0.05, 0) is 65.8 Å². The van der Waals surface area contributed by atoms with E-state index >= 15 is 0 Å². The molecule has 0 spiro atoms. The van der Waals surface area contributed by atoms with E-state index in [1.165, 1.54) is 61.7 Å². The average Bonchev–Trinajstić information content (AvgIpc) is 3.67. The van der Waals surface area contributed by atoms with Crippen molar-refractivity contribution in [1.82, 2.24) is 19.6 Å². The van der Waals surface area contributed by atoms with Gasteiger partial charge in [-0.25, -0.2) is 31.0 Å². The van der Waals surface area contributed by atoms with Crippen LogP contribution in [0, 0.1) is 27.7 Å². The predicted octanol–water partition coefficient (Wildman–Crippen LogP) is 4.98. The summed E-state index contributed by atoms with van der Waals surface area (Å²) in [6.07, 6.45) is -1.83. The number of hydrogen-bond acceptors (Lipinski definition) is 17. The molecule has 0 fully saturated rings. The van der Waals surface area contributed by atoms with E-state index in [4.69, 9.17) is 37.9 Å². The molecule has 340 valence electrons. The lowest BCUT2D eigenvalue weighted by atomic mass is 9.98. The molecule has 21 heteroatoms. The standard InChI is InChI=1S/C41H54N4O15S2/c1-13-44-39(33(25(5)42-44)35(46)29-15-17-31(61(11,49)50)37(23(29)3)55-21-19-53-9)57-27(7)59-41(48)60-28(8)58-40-34(26(6)43-45(40)14-2)36(47)30-16-18-32(62(12,51)52)38(24(30)4)56-22-20-54-10/h15-18,27-28H,13-14,19-22H2,1-12H3. The first-order valence-corrected chi connectivity index (χ1v) is 23.2. The van der Waals surface area contributed by atoms with Crippen LogP contribution < -0.4 is 18.9 Å². The molecular formula is C41H54N4O15S2. The van der Waals surface area contributed by atoms with Gasteiger partial charge in [-0.15, -0.1) is 0 Å². The van der Waals surface area contributed by atoms with E-state index in [1.54, 1.807) is 41.5 Å². The minimum atomic E-state index is -3.73. The molecule has 2 aromatic heterocycles. The first kappa shape index (κ1) is 49.1. The van der Waals surface area contributed by atoms with Gasteiger partial charge in [0.1, 0.15) is 45.6 Å². The fourth-order valence-corrected chi connectivity index (χ4v) is 8.19. The molecule has 62 heavy (non-hydrogen) atoms. The largest absolute Gasteiger partial charge is 0.514 e. The van der Waals surface area contributed by atoms with Crippen molar-refractivity contribution in [3.63, 3.8) is 0 Å². The molecule has 0 saturated heterocycles. The Morgan fingerprint density at radius 2 is 0.968 bits per heavy atom. The monoisotopic (exact) mass is 906 g/mol. The first-order chi connectivity index (χ1) is 29.1. The number of sulfone groups is 2. The molecule has 0 saturated carbocycles. The van der Waals surface area contributed by atoms with E-state index in [0.29, 0.717) is 11.4 Å². The van der Waals surface area contributed by atoms with Gasteiger partial charge in [0.2, 0.25) is 35.9 Å². The summed E-state index contributed by atoms with van der Waals surface area (Å²) in [5.74, 6) is -1.12. The highest BCUT2D eigenvalue weighted by Crippen LogP contribution is 2.36. The fourth-order valence-electron chi connectivity index (χ4n) is 6.46. The molecule has 0 aliphatic heterocycles. The topological polar surface area (TPSA) is 229 Å². The molecule has 0 bridgehead atoms. The van der Waals surface area contributed by atoms with E-state index in [1.807, 2.05) is 0 Å². The quantitative estimate of drug-likeness (QED) is 0.0438. The maximum atomic E-state index is 14.2. The zero-order valence-electron chi connectivity index (χ0n) is 36.9. The Morgan fingerprint density at radius 1 is 0.613 bits per heavy atom. The number of rotatable bonds is 22. The minimum Gasteiger partial charge on any atom is -0.490 e. The van der Waals surface area contributed by atoms with Crippen LogP contribution in [0.2, 0.25) is 0 Å². The molecule has 19 nitrogen and oxygen atoms in total. The number of methoxy groups -OCH3 is 2. The zero-order chi connectivity index (χ0) is 46.3. The lowest BCUT2D eigenvalue weighted by Crippen LogP contribution is -2.28. The van der Waals surface area contributed by atoms with Crippen molar-refractivity contribution in [3.05, 3.63) is 69.0 Å². The van der Waals surface area contributed by atoms with Gasteiger partial charge in [-0.2, -0.15) is 10.2 Å². The molecule has 0 aliphatic rings. The average molecular weight is 907 g/mol. The number of aryl methyl sites for hydroxylation is 4. The molecular weight excluding hydrogens is 853 g/mol. The lowest BCUT2D eigenvalue weighted by molar-refractivity contribution is -0.1000. The second kappa shape index (κ2) is 20.6. The summed E-state index contributed by atoms with van der Waals surface area (Å²) in [5, 5.41) is 8.88. The van der Waals surface area contributed by atoms with Crippen molar-refractivity contribution in [2.24, 2.45) is 0 Å². The molecule has 2 unspecified atom stereocenters. The maximum absolute atomic E-state index is 14.2. The van der Waals surface area contributed by atoms with Crippen molar-refractivity contribution in [2.75, 3.05) is 53.2 Å². The Hall–Kier alpha value is -5.51. The third-order valence-corrected chi connectivity index (χ3v) is 11.6. The van der Waals surface area contributed by atoms with Crippen LogP contribution in [0.3, 0.4) is 0 Å². The van der Waals surface area contributed by atoms with E-state index < -0.39 is 50.0 Å². The van der Waals surface area contributed by atoms with Crippen molar-refractivity contribution in [1.29, 1.82) is 0 Å². The highest BCUT2D eigenvalue weighted by atomic mass is 32.2. The van der Waals surface area contributed by atoms with Gasteiger partial charge >= 0.3 is 6.16 Å². The lowest BCUT2D eigenvalue weighted by Gasteiger charge is -2.20. The third kappa shape index (κ3) is 11.1. The first-order valence-electron chi connectivity index (χ1n) is 19.5. The summed E-state index contributed by atoms with van der Waals surface area (Å²) in [5.41, 5.74) is 1.47. The molecule has 0 radical (unpaired) electrons. The number of nitrogens with zero attached hydrogens (tertiary/aromatic N) is 4. The summed E-state index contributed by atoms with van der Waals surface area (Å²) in [7, 11) is -4.53. The van der Waals surface area contributed by atoms with Crippen LogP contribution in [0.25, 0.3) is 0 Å². The molecule has 2 heterocycles. The third-order valence-electron chi connectivity index (χ3n) is 9.39. The number of carbonyl (C=O) groups is 3. The van der Waals surface area contributed by atoms with Gasteiger partial charge in [-0.3, -0.25) is 9.59 Å². The second-order valence-electron chi connectivity index (χ2n) is 14.0. The molecule has 0 N–H and O–H groups in total. The van der Waals surface area contributed by atoms with Gasteiger partial charge in [0.15, 0.2) is 19.7 Å². The van der Waals surface area contributed by atoms with Gasteiger partial charge in [0.25, 0.3) is 0 Å². The molecule has 0 aliphatic carbocycles. The van der Waals surface area contributed by atoms with E-state index in [9.17, 15) is 31.2 Å². The number of carbonyl (C=O) groups excluding carboxylic acids is 3. The summed E-state index contributed by atoms with van der Waals surface area (Å²) in [4.78, 5) is 41.3. The van der Waals surface area contributed by atoms with Crippen LogP contribution in [0.15, 0.2) is 34.1 Å². The van der Waals surface area contributed by atoms with Crippen LogP contribution in [0.1, 0.15) is 82.1 Å². The molecule has 2 aromatic carbocycles. The van der Waals surface area contributed by atoms with E-state index in [0.717, 1.165) is 12.5 Å². The number of aromatic nitrogens is 4. The molecule has 4 rings (SSSR count). The van der Waals surface area contributed by atoms with Crippen LogP contribution in [-0.2, 0) is 51.7 Å². The maximum Gasteiger partial charge on any atom is 0.514 e. The zero-order valence-corrected chi connectivity index (χ0v) is 38.6. The second-order valence-corrected chi connectivity index (χ2v) is 18.0. The normalized spacial score (nSPS) is 12.7. The number of ketones is 2. The fraction of sp³-hybridized carbons (Fsp3) is 0.488.